The van der Waals surface area contributed by atoms with Crippen molar-refractivity contribution in [3.8, 4) is 11.5 Å². The summed E-state index contributed by atoms with van der Waals surface area (Å²) in [5.74, 6) is 2.26. The van der Waals surface area contributed by atoms with Crippen LogP contribution in [0.3, 0.4) is 0 Å². The van der Waals surface area contributed by atoms with Crippen molar-refractivity contribution < 1.29 is 14.3 Å². The molecular formula is C20H24N4O3. The molecule has 0 spiro atoms. The molecule has 2 aromatic rings. The Hall–Kier alpha value is -2.67. The molecule has 27 heavy (non-hydrogen) atoms. The summed E-state index contributed by atoms with van der Waals surface area (Å²) in [6.45, 7) is 2.25. The molecule has 0 aliphatic carbocycles. The Bertz CT molecular complexity index is 803. The Morgan fingerprint density at radius 2 is 2.11 bits per heavy atom. The van der Waals surface area contributed by atoms with Gasteiger partial charge in [-0.05, 0) is 43.7 Å². The summed E-state index contributed by atoms with van der Waals surface area (Å²) in [5.41, 5.74) is 2.09. The van der Waals surface area contributed by atoms with Crippen LogP contribution in [0.5, 0.6) is 11.5 Å². The first-order valence-corrected chi connectivity index (χ1v) is 9.35. The van der Waals surface area contributed by atoms with Crippen LogP contribution in [-0.2, 0) is 17.8 Å². The molecule has 0 saturated carbocycles. The van der Waals surface area contributed by atoms with Crippen LogP contribution in [0.1, 0.15) is 36.0 Å². The van der Waals surface area contributed by atoms with E-state index in [2.05, 4.69) is 10.3 Å². The van der Waals surface area contributed by atoms with E-state index in [0.717, 1.165) is 42.2 Å². The van der Waals surface area contributed by atoms with Gasteiger partial charge in [-0.3, -0.25) is 4.79 Å². The predicted molar refractivity (Wildman–Crippen MR) is 99.6 cm³/mol. The number of aromatic nitrogens is 2. The normalized spacial score (nSPS) is 18.9. The third-order valence-corrected chi connectivity index (χ3v) is 5.10. The number of hydrogen-bond acceptors (Lipinski definition) is 6. The summed E-state index contributed by atoms with van der Waals surface area (Å²) in [4.78, 5) is 23.6. The minimum Gasteiger partial charge on any atom is -0.497 e. The van der Waals surface area contributed by atoms with Gasteiger partial charge in [-0.25, -0.2) is 9.97 Å². The summed E-state index contributed by atoms with van der Waals surface area (Å²) in [6, 6.07) is 7.48. The van der Waals surface area contributed by atoms with Crippen molar-refractivity contribution in [2.45, 2.75) is 31.8 Å². The maximum Gasteiger partial charge on any atom is 0.260 e. The zero-order valence-electron chi connectivity index (χ0n) is 15.5. The Balaban J connectivity index is 1.34. The number of carbonyl (C=O) groups is 1. The van der Waals surface area contributed by atoms with Crippen molar-refractivity contribution in [3.63, 3.8) is 0 Å². The Morgan fingerprint density at radius 1 is 1.30 bits per heavy atom. The number of fused-ring (bicyclic) bond motifs is 1. The highest BCUT2D eigenvalue weighted by Gasteiger charge is 2.25. The first kappa shape index (κ1) is 17.7. The van der Waals surface area contributed by atoms with Gasteiger partial charge in [0.05, 0.1) is 18.8 Å². The third-order valence-electron chi connectivity index (χ3n) is 5.10. The molecule has 2 aliphatic rings. The van der Waals surface area contributed by atoms with E-state index in [0.29, 0.717) is 18.8 Å². The average molecular weight is 368 g/mol. The molecule has 1 aromatic heterocycles. The Morgan fingerprint density at radius 3 is 2.85 bits per heavy atom. The highest BCUT2D eigenvalue weighted by molar-refractivity contribution is 5.78. The van der Waals surface area contributed by atoms with Crippen molar-refractivity contribution in [2.75, 3.05) is 26.8 Å². The minimum absolute atomic E-state index is 0.0204. The lowest BCUT2D eigenvalue weighted by Gasteiger charge is -2.28. The van der Waals surface area contributed by atoms with Crippen LogP contribution < -0.4 is 14.8 Å². The smallest absolute Gasteiger partial charge is 0.260 e. The van der Waals surface area contributed by atoms with Crippen molar-refractivity contribution in [3.05, 3.63) is 47.5 Å². The molecule has 1 atom stereocenters. The van der Waals surface area contributed by atoms with Gasteiger partial charge in [-0.15, -0.1) is 0 Å². The van der Waals surface area contributed by atoms with E-state index >= 15 is 0 Å². The summed E-state index contributed by atoms with van der Waals surface area (Å²) in [7, 11) is 1.62. The largest absolute Gasteiger partial charge is 0.497 e. The summed E-state index contributed by atoms with van der Waals surface area (Å²) < 4.78 is 10.7. The van der Waals surface area contributed by atoms with Crippen LogP contribution in [0.2, 0.25) is 0 Å². The van der Waals surface area contributed by atoms with E-state index in [1.165, 1.54) is 6.42 Å². The number of nitrogens with one attached hydrogen (secondary N) is 1. The van der Waals surface area contributed by atoms with E-state index in [4.69, 9.17) is 14.5 Å². The van der Waals surface area contributed by atoms with Gasteiger partial charge in [0.1, 0.15) is 17.3 Å². The summed E-state index contributed by atoms with van der Waals surface area (Å²) in [5, 5.41) is 3.43. The van der Waals surface area contributed by atoms with Crippen molar-refractivity contribution >= 4 is 5.91 Å². The number of carbonyl (C=O) groups excluding carboxylic acids is 1. The standard InChI is InChI=1S/C20H24N4O3/c1-26-15-4-6-16(7-5-15)27-13-19(25)24-10-8-17-14(12-24)11-22-20(23-17)18-3-2-9-21-18/h4-7,11,18,21H,2-3,8-10,12-13H2,1H3/t18-/m1/s1. The van der Waals surface area contributed by atoms with Gasteiger partial charge in [-0.2, -0.15) is 0 Å². The zero-order valence-corrected chi connectivity index (χ0v) is 15.5. The fourth-order valence-corrected chi connectivity index (χ4v) is 3.53. The molecule has 1 aromatic carbocycles. The van der Waals surface area contributed by atoms with Crippen molar-refractivity contribution in [1.29, 1.82) is 0 Å². The van der Waals surface area contributed by atoms with E-state index in [9.17, 15) is 4.79 Å². The van der Waals surface area contributed by atoms with Gasteiger partial charge >= 0.3 is 0 Å². The highest BCUT2D eigenvalue weighted by atomic mass is 16.5. The van der Waals surface area contributed by atoms with Crippen molar-refractivity contribution in [2.24, 2.45) is 0 Å². The molecule has 1 fully saturated rings. The summed E-state index contributed by atoms with van der Waals surface area (Å²) in [6.07, 6.45) is 4.89. The van der Waals surface area contributed by atoms with Gasteiger partial charge in [0.2, 0.25) is 0 Å². The quantitative estimate of drug-likeness (QED) is 0.868. The molecule has 1 amide bonds. The fraction of sp³-hybridized carbons (Fsp3) is 0.450. The van der Waals surface area contributed by atoms with Gasteiger partial charge < -0.3 is 19.7 Å². The van der Waals surface area contributed by atoms with Crippen LogP contribution in [-0.4, -0.2) is 47.6 Å². The number of rotatable bonds is 5. The molecule has 3 heterocycles. The SMILES string of the molecule is COc1ccc(OCC(=O)N2CCc3nc([C@H]4CCCN4)ncc3C2)cc1. The minimum atomic E-state index is -0.0296. The number of hydrogen-bond donors (Lipinski definition) is 1. The molecule has 0 unspecified atom stereocenters. The van der Waals surface area contributed by atoms with Gasteiger partial charge in [0.15, 0.2) is 6.61 Å². The fourth-order valence-electron chi connectivity index (χ4n) is 3.53. The van der Waals surface area contributed by atoms with E-state index in [1.807, 2.05) is 23.2 Å². The monoisotopic (exact) mass is 368 g/mol. The molecule has 1 N–H and O–H groups in total. The molecule has 0 radical (unpaired) electrons. The topological polar surface area (TPSA) is 76.6 Å². The van der Waals surface area contributed by atoms with Crippen LogP contribution >= 0.6 is 0 Å². The second kappa shape index (κ2) is 7.92. The number of nitrogens with zero attached hydrogens (tertiary/aromatic N) is 3. The lowest BCUT2D eigenvalue weighted by atomic mass is 10.1. The lowest BCUT2D eigenvalue weighted by molar-refractivity contribution is -0.134. The first-order valence-electron chi connectivity index (χ1n) is 9.35. The molecule has 1 saturated heterocycles. The number of methoxy groups -OCH3 is 1. The maximum atomic E-state index is 12.5. The maximum absolute atomic E-state index is 12.5. The second-order valence-corrected chi connectivity index (χ2v) is 6.88. The predicted octanol–water partition coefficient (Wildman–Crippen LogP) is 1.87. The lowest BCUT2D eigenvalue weighted by Crippen LogP contribution is -2.39. The molecule has 4 rings (SSSR count). The van der Waals surface area contributed by atoms with Gasteiger partial charge in [0, 0.05) is 31.3 Å². The molecule has 2 aliphatic heterocycles. The molecule has 142 valence electrons. The highest BCUT2D eigenvalue weighted by Crippen LogP contribution is 2.23. The van der Waals surface area contributed by atoms with E-state index in [1.54, 1.807) is 19.2 Å². The van der Waals surface area contributed by atoms with E-state index < -0.39 is 0 Å². The summed E-state index contributed by atoms with van der Waals surface area (Å²) >= 11 is 0. The first-order chi connectivity index (χ1) is 13.2. The van der Waals surface area contributed by atoms with Crippen molar-refractivity contribution in [1.82, 2.24) is 20.2 Å². The molecule has 7 heteroatoms. The zero-order chi connectivity index (χ0) is 18.6. The molecule has 7 nitrogen and oxygen atoms in total. The van der Waals surface area contributed by atoms with Crippen LogP contribution in [0.25, 0.3) is 0 Å². The van der Waals surface area contributed by atoms with Gasteiger partial charge in [-0.1, -0.05) is 0 Å². The average Bonchev–Trinajstić information content (AvgIpc) is 3.26. The number of ether oxygens (including phenoxy) is 2. The number of amides is 1. The Labute approximate surface area is 158 Å². The Kier molecular flexibility index (Phi) is 5.20. The van der Waals surface area contributed by atoms with Crippen LogP contribution in [0.15, 0.2) is 30.5 Å². The van der Waals surface area contributed by atoms with Gasteiger partial charge in [0.25, 0.3) is 5.91 Å². The second-order valence-electron chi connectivity index (χ2n) is 6.88. The van der Waals surface area contributed by atoms with E-state index in [-0.39, 0.29) is 18.6 Å². The third kappa shape index (κ3) is 4.03. The van der Waals surface area contributed by atoms with Crippen LogP contribution in [0, 0.1) is 0 Å². The van der Waals surface area contributed by atoms with Crippen LogP contribution in [0.4, 0.5) is 0 Å². The molecule has 0 bridgehead atoms. The number of benzene rings is 1. The molecular weight excluding hydrogens is 344 g/mol.